The molecule has 0 fully saturated rings. The number of hydrogen-bond acceptors (Lipinski definition) is 2. The van der Waals surface area contributed by atoms with Crippen LogP contribution in [0, 0.1) is 36.5 Å². The van der Waals surface area contributed by atoms with E-state index in [9.17, 15) is 5.26 Å². The van der Waals surface area contributed by atoms with Crippen LogP contribution >= 0.6 is 0 Å². The SMILES string of the molecule is Cc1c2c(c(C)n1CCC#N)C(C)(C#N)CC2(C)C. The lowest BCUT2D eigenvalue weighted by atomic mass is 9.80. The minimum absolute atomic E-state index is 0.0343. The maximum Gasteiger partial charge on any atom is 0.0822 e. The van der Waals surface area contributed by atoms with Gasteiger partial charge in [-0.2, -0.15) is 10.5 Å². The summed E-state index contributed by atoms with van der Waals surface area (Å²) in [5.74, 6) is 0. The van der Waals surface area contributed by atoms with E-state index < -0.39 is 5.41 Å². The normalized spacial score (nSPS) is 23.7. The second kappa shape index (κ2) is 4.14. The highest BCUT2D eigenvalue weighted by Crippen LogP contribution is 2.52. The first-order valence-electron chi connectivity index (χ1n) is 6.77. The molecule has 2 rings (SSSR count). The molecule has 0 spiro atoms. The summed E-state index contributed by atoms with van der Waals surface area (Å²) in [6, 6.07) is 4.72. The first-order valence-corrected chi connectivity index (χ1v) is 6.77. The molecule has 1 aliphatic rings. The number of nitriles is 2. The lowest BCUT2D eigenvalue weighted by molar-refractivity contribution is 0.431. The minimum atomic E-state index is -0.397. The van der Waals surface area contributed by atoms with Gasteiger partial charge in [0.15, 0.2) is 0 Å². The summed E-state index contributed by atoms with van der Waals surface area (Å²) < 4.78 is 2.21. The van der Waals surface area contributed by atoms with Crippen LogP contribution in [-0.4, -0.2) is 4.57 Å². The van der Waals surface area contributed by atoms with Crippen molar-refractivity contribution in [1.29, 1.82) is 10.5 Å². The van der Waals surface area contributed by atoms with Crippen molar-refractivity contribution in [2.75, 3.05) is 0 Å². The Morgan fingerprint density at radius 1 is 1.11 bits per heavy atom. The van der Waals surface area contributed by atoms with Gasteiger partial charge in [-0.25, -0.2) is 0 Å². The lowest BCUT2D eigenvalue weighted by Gasteiger charge is -2.24. The van der Waals surface area contributed by atoms with Gasteiger partial charge in [0.05, 0.1) is 24.0 Å². The first kappa shape index (κ1) is 13.7. The highest BCUT2D eigenvalue weighted by molar-refractivity contribution is 5.55. The number of fused-ring (bicyclic) bond motifs is 1. The van der Waals surface area contributed by atoms with E-state index in [2.05, 4.69) is 44.4 Å². The predicted molar refractivity (Wildman–Crippen MR) is 74.7 cm³/mol. The number of nitrogens with zero attached hydrogens (tertiary/aromatic N) is 3. The van der Waals surface area contributed by atoms with Gasteiger partial charge in [0.1, 0.15) is 0 Å². The number of rotatable bonds is 2. The molecular weight excluding hydrogens is 234 g/mol. The topological polar surface area (TPSA) is 52.5 Å². The molecule has 0 aromatic carbocycles. The zero-order valence-electron chi connectivity index (χ0n) is 12.5. The summed E-state index contributed by atoms with van der Waals surface area (Å²) in [7, 11) is 0. The van der Waals surface area contributed by atoms with E-state index in [1.54, 1.807) is 0 Å². The maximum atomic E-state index is 9.59. The second-order valence-electron chi connectivity index (χ2n) is 6.49. The van der Waals surface area contributed by atoms with Crippen LogP contribution in [0.5, 0.6) is 0 Å². The molecule has 3 heteroatoms. The fraction of sp³-hybridized carbons (Fsp3) is 0.625. The highest BCUT2D eigenvalue weighted by Gasteiger charge is 2.48. The molecule has 0 bridgehead atoms. The molecule has 100 valence electrons. The third kappa shape index (κ3) is 1.77. The van der Waals surface area contributed by atoms with Gasteiger partial charge in [0.2, 0.25) is 0 Å². The number of aromatic nitrogens is 1. The van der Waals surface area contributed by atoms with Gasteiger partial charge in [0, 0.05) is 17.9 Å². The van der Waals surface area contributed by atoms with Crippen LogP contribution in [0.4, 0.5) is 0 Å². The van der Waals surface area contributed by atoms with Crippen LogP contribution in [0.25, 0.3) is 0 Å². The summed E-state index contributed by atoms with van der Waals surface area (Å²) in [5.41, 5.74) is 4.56. The molecule has 1 heterocycles. The standard InChI is InChI=1S/C16H21N3/c1-11-13-14(12(2)19(11)8-6-7-17)16(5,10-18)9-15(13,3)4/h6,8-9H2,1-5H3. The third-order valence-corrected chi connectivity index (χ3v) is 4.50. The van der Waals surface area contributed by atoms with Crippen molar-refractivity contribution in [3.8, 4) is 12.1 Å². The third-order valence-electron chi connectivity index (χ3n) is 4.50. The zero-order valence-corrected chi connectivity index (χ0v) is 12.5. The van der Waals surface area contributed by atoms with Gasteiger partial charge < -0.3 is 4.57 Å². The average molecular weight is 255 g/mol. The van der Waals surface area contributed by atoms with Crippen molar-refractivity contribution in [2.24, 2.45) is 0 Å². The molecule has 1 unspecified atom stereocenters. The Hall–Kier alpha value is -1.74. The molecule has 0 N–H and O–H groups in total. The van der Waals surface area contributed by atoms with Crippen LogP contribution in [0.2, 0.25) is 0 Å². The van der Waals surface area contributed by atoms with Crippen molar-refractivity contribution in [2.45, 2.75) is 64.8 Å². The monoisotopic (exact) mass is 255 g/mol. The summed E-state index contributed by atoms with van der Waals surface area (Å²) in [4.78, 5) is 0. The van der Waals surface area contributed by atoms with Gasteiger partial charge in [-0.15, -0.1) is 0 Å². The Balaban J connectivity index is 2.69. The summed E-state index contributed by atoms with van der Waals surface area (Å²) in [6.07, 6.45) is 1.39. The maximum absolute atomic E-state index is 9.59. The zero-order chi connectivity index (χ0) is 14.4. The molecule has 0 amide bonds. The molecule has 0 saturated heterocycles. The van der Waals surface area contributed by atoms with Crippen molar-refractivity contribution in [1.82, 2.24) is 4.57 Å². The largest absolute Gasteiger partial charge is 0.347 e. The fourth-order valence-electron chi connectivity index (χ4n) is 4.04. The van der Waals surface area contributed by atoms with E-state index in [-0.39, 0.29) is 5.41 Å². The lowest BCUT2D eigenvalue weighted by Crippen LogP contribution is -2.22. The fourth-order valence-corrected chi connectivity index (χ4v) is 4.04. The Bertz CT molecular complexity index is 607. The van der Waals surface area contributed by atoms with Crippen molar-refractivity contribution in [3.63, 3.8) is 0 Å². The van der Waals surface area contributed by atoms with Crippen molar-refractivity contribution >= 4 is 0 Å². The molecule has 0 aliphatic heterocycles. The molecule has 19 heavy (non-hydrogen) atoms. The summed E-state index contributed by atoms with van der Waals surface area (Å²) >= 11 is 0. The first-order chi connectivity index (χ1) is 8.78. The Morgan fingerprint density at radius 2 is 1.68 bits per heavy atom. The van der Waals surface area contributed by atoms with Crippen molar-refractivity contribution in [3.05, 3.63) is 22.5 Å². The molecule has 0 saturated carbocycles. The average Bonchev–Trinajstić information content (AvgIpc) is 2.71. The minimum Gasteiger partial charge on any atom is -0.347 e. The number of hydrogen-bond donors (Lipinski definition) is 0. The van der Waals surface area contributed by atoms with Gasteiger partial charge in [-0.05, 0) is 43.7 Å². The van der Waals surface area contributed by atoms with Crippen molar-refractivity contribution < 1.29 is 0 Å². The van der Waals surface area contributed by atoms with E-state index in [1.807, 2.05) is 6.92 Å². The van der Waals surface area contributed by atoms with Crippen LogP contribution in [0.3, 0.4) is 0 Å². The summed E-state index contributed by atoms with van der Waals surface area (Å²) in [6.45, 7) is 11.4. The van der Waals surface area contributed by atoms with Gasteiger partial charge >= 0.3 is 0 Å². The van der Waals surface area contributed by atoms with Crippen LogP contribution in [0.15, 0.2) is 0 Å². The Labute approximate surface area is 115 Å². The van der Waals surface area contributed by atoms with Crippen LogP contribution in [-0.2, 0) is 17.4 Å². The van der Waals surface area contributed by atoms with Gasteiger partial charge in [-0.3, -0.25) is 0 Å². The van der Waals surface area contributed by atoms with E-state index in [1.165, 1.54) is 16.8 Å². The van der Waals surface area contributed by atoms with E-state index in [0.29, 0.717) is 6.42 Å². The molecular formula is C16H21N3. The molecule has 0 radical (unpaired) electrons. The highest BCUT2D eigenvalue weighted by atomic mass is 15.0. The predicted octanol–water partition coefficient (Wildman–Crippen LogP) is 3.48. The molecule has 1 atom stereocenters. The van der Waals surface area contributed by atoms with Crippen LogP contribution < -0.4 is 0 Å². The quantitative estimate of drug-likeness (QED) is 0.812. The second-order valence-corrected chi connectivity index (χ2v) is 6.49. The summed E-state index contributed by atoms with van der Waals surface area (Å²) in [5, 5.41) is 18.4. The molecule has 1 aromatic heterocycles. The van der Waals surface area contributed by atoms with E-state index in [0.717, 1.165) is 18.7 Å². The molecule has 1 aliphatic carbocycles. The van der Waals surface area contributed by atoms with Gasteiger partial charge in [0.25, 0.3) is 0 Å². The molecule has 3 nitrogen and oxygen atoms in total. The van der Waals surface area contributed by atoms with Gasteiger partial charge in [-0.1, -0.05) is 13.8 Å². The Kier molecular flexibility index (Phi) is 2.98. The smallest absolute Gasteiger partial charge is 0.0822 e. The molecule has 1 aromatic rings. The van der Waals surface area contributed by atoms with E-state index >= 15 is 0 Å². The van der Waals surface area contributed by atoms with E-state index in [4.69, 9.17) is 5.26 Å². The van der Waals surface area contributed by atoms with Crippen LogP contribution in [0.1, 0.15) is 56.1 Å². The Morgan fingerprint density at radius 3 is 2.21 bits per heavy atom.